The van der Waals surface area contributed by atoms with Crippen LogP contribution in [0.2, 0.25) is 0 Å². The number of carbonyl (C=O) groups is 1. The minimum atomic E-state index is -0.0910. The predicted molar refractivity (Wildman–Crippen MR) is 102 cm³/mol. The molecule has 0 saturated carbocycles. The van der Waals surface area contributed by atoms with Crippen molar-refractivity contribution in [3.63, 3.8) is 0 Å². The summed E-state index contributed by atoms with van der Waals surface area (Å²) < 4.78 is 1.86. The van der Waals surface area contributed by atoms with Crippen LogP contribution < -0.4 is 5.32 Å². The molecule has 26 heavy (non-hydrogen) atoms. The number of nitriles is 1. The molecule has 6 heteroatoms. The molecule has 130 valence electrons. The number of hydrogen-bond acceptors (Lipinski definition) is 4. The zero-order chi connectivity index (χ0) is 18.1. The van der Waals surface area contributed by atoms with Gasteiger partial charge in [-0.1, -0.05) is 30.3 Å². The third-order valence-corrected chi connectivity index (χ3v) is 5.97. The van der Waals surface area contributed by atoms with E-state index in [9.17, 15) is 10.1 Å². The summed E-state index contributed by atoms with van der Waals surface area (Å²) in [6, 6.07) is 13.9. The Morgan fingerprint density at radius 2 is 2.19 bits per heavy atom. The molecule has 1 atom stereocenters. The maximum atomic E-state index is 12.8. The minimum absolute atomic E-state index is 0.0187. The number of anilines is 1. The molecule has 1 aromatic carbocycles. The zero-order valence-corrected chi connectivity index (χ0v) is 15.2. The molecular weight excluding hydrogens is 344 g/mol. The molecule has 1 unspecified atom stereocenters. The Morgan fingerprint density at radius 3 is 2.96 bits per heavy atom. The highest BCUT2D eigenvalue weighted by atomic mass is 32.1. The first-order chi connectivity index (χ1) is 12.7. The third-order valence-electron chi connectivity index (χ3n) is 4.87. The third kappa shape index (κ3) is 3.02. The monoisotopic (exact) mass is 362 g/mol. The molecule has 0 radical (unpaired) electrons. The van der Waals surface area contributed by atoms with Gasteiger partial charge in [0.1, 0.15) is 11.1 Å². The van der Waals surface area contributed by atoms with E-state index in [1.54, 1.807) is 0 Å². The fourth-order valence-electron chi connectivity index (χ4n) is 3.39. The number of rotatable bonds is 3. The summed E-state index contributed by atoms with van der Waals surface area (Å²) in [6.45, 7) is 0. The summed E-state index contributed by atoms with van der Waals surface area (Å²) in [4.78, 5) is 13.8. The highest BCUT2D eigenvalue weighted by Crippen LogP contribution is 2.36. The molecule has 5 nitrogen and oxygen atoms in total. The lowest BCUT2D eigenvalue weighted by Crippen LogP contribution is -2.28. The topological polar surface area (TPSA) is 70.7 Å². The Bertz CT molecular complexity index is 997. The van der Waals surface area contributed by atoms with Gasteiger partial charge in [-0.3, -0.25) is 9.48 Å². The van der Waals surface area contributed by atoms with Crippen molar-refractivity contribution in [2.24, 2.45) is 13.0 Å². The van der Waals surface area contributed by atoms with Gasteiger partial charge in [0.05, 0.1) is 11.8 Å². The predicted octanol–water partition coefficient (Wildman–Crippen LogP) is 3.76. The van der Waals surface area contributed by atoms with Crippen LogP contribution >= 0.6 is 11.3 Å². The van der Waals surface area contributed by atoms with E-state index in [0.717, 1.165) is 29.0 Å². The van der Waals surface area contributed by atoms with Gasteiger partial charge in [-0.2, -0.15) is 10.4 Å². The van der Waals surface area contributed by atoms with Gasteiger partial charge in [0.2, 0.25) is 5.91 Å². The van der Waals surface area contributed by atoms with Gasteiger partial charge < -0.3 is 5.32 Å². The van der Waals surface area contributed by atoms with E-state index in [0.29, 0.717) is 17.0 Å². The van der Waals surface area contributed by atoms with Crippen LogP contribution in [0.5, 0.6) is 0 Å². The largest absolute Gasteiger partial charge is 0.316 e. The maximum Gasteiger partial charge on any atom is 0.228 e. The van der Waals surface area contributed by atoms with Gasteiger partial charge in [0, 0.05) is 30.0 Å². The van der Waals surface area contributed by atoms with E-state index in [1.165, 1.54) is 16.9 Å². The number of nitrogens with one attached hydrogen (secondary N) is 1. The van der Waals surface area contributed by atoms with Gasteiger partial charge in [-0.15, -0.1) is 11.3 Å². The normalized spacial score (nSPS) is 15.9. The highest BCUT2D eigenvalue weighted by Gasteiger charge is 2.28. The molecule has 0 saturated heterocycles. The fraction of sp³-hybridized carbons (Fsp3) is 0.250. The number of carbonyl (C=O) groups excluding carboxylic acids is 1. The molecular formula is C20H18N4OS. The molecule has 3 aromatic rings. The van der Waals surface area contributed by atoms with Crippen molar-refractivity contribution in [1.82, 2.24) is 9.78 Å². The van der Waals surface area contributed by atoms with Crippen LogP contribution in [0.1, 0.15) is 23.2 Å². The van der Waals surface area contributed by atoms with Crippen molar-refractivity contribution in [2.45, 2.75) is 19.3 Å². The molecule has 0 fully saturated rings. The minimum Gasteiger partial charge on any atom is -0.316 e. The van der Waals surface area contributed by atoms with Crippen LogP contribution in [0.4, 0.5) is 5.00 Å². The highest BCUT2D eigenvalue weighted by molar-refractivity contribution is 7.19. The SMILES string of the molecule is Cn1ncc2c1CC(C(=O)Nc1sc(-c3ccccc3)cc1C#N)CC2. The summed E-state index contributed by atoms with van der Waals surface area (Å²) in [5.74, 6) is -0.110. The van der Waals surface area contributed by atoms with Crippen LogP contribution in [0, 0.1) is 17.2 Å². The van der Waals surface area contributed by atoms with Crippen molar-refractivity contribution in [1.29, 1.82) is 5.26 Å². The van der Waals surface area contributed by atoms with Crippen LogP contribution in [0.15, 0.2) is 42.6 Å². The number of hydrogen-bond donors (Lipinski definition) is 1. The summed E-state index contributed by atoms with van der Waals surface area (Å²) in [6.07, 6.45) is 4.26. The number of aromatic nitrogens is 2. The second-order valence-corrected chi connectivity index (χ2v) is 7.55. The second kappa shape index (κ2) is 6.77. The van der Waals surface area contributed by atoms with Gasteiger partial charge >= 0.3 is 0 Å². The van der Waals surface area contributed by atoms with Crippen molar-refractivity contribution >= 4 is 22.2 Å². The number of amides is 1. The fourth-order valence-corrected chi connectivity index (χ4v) is 4.41. The second-order valence-electron chi connectivity index (χ2n) is 6.50. The van der Waals surface area contributed by atoms with Crippen molar-refractivity contribution < 1.29 is 4.79 Å². The Labute approximate surface area is 155 Å². The number of aryl methyl sites for hydroxylation is 2. The van der Waals surface area contributed by atoms with E-state index in [1.807, 2.05) is 54.3 Å². The molecule has 2 heterocycles. The number of thiophene rings is 1. The summed E-state index contributed by atoms with van der Waals surface area (Å²) in [7, 11) is 1.91. The van der Waals surface area contributed by atoms with E-state index in [2.05, 4.69) is 16.5 Å². The average molecular weight is 362 g/mol. The molecule has 1 N–H and O–H groups in total. The Hall–Kier alpha value is -2.91. The number of benzene rings is 1. The smallest absolute Gasteiger partial charge is 0.228 e. The number of nitrogens with zero attached hydrogens (tertiary/aromatic N) is 3. The lowest BCUT2D eigenvalue weighted by atomic mass is 9.87. The molecule has 4 rings (SSSR count). The van der Waals surface area contributed by atoms with Crippen LogP contribution in [0.25, 0.3) is 10.4 Å². The Balaban J connectivity index is 1.54. The molecule has 0 spiro atoms. The molecule has 1 aliphatic rings. The van der Waals surface area contributed by atoms with Gasteiger partial charge in [-0.05, 0) is 30.0 Å². The van der Waals surface area contributed by atoms with Crippen molar-refractivity contribution in [3.8, 4) is 16.5 Å². The molecule has 2 aromatic heterocycles. The van der Waals surface area contributed by atoms with Gasteiger partial charge in [0.15, 0.2) is 0 Å². The first-order valence-corrected chi connectivity index (χ1v) is 9.37. The first kappa shape index (κ1) is 16.6. The zero-order valence-electron chi connectivity index (χ0n) is 14.4. The summed E-state index contributed by atoms with van der Waals surface area (Å²) >= 11 is 1.45. The molecule has 0 bridgehead atoms. The van der Waals surface area contributed by atoms with E-state index in [-0.39, 0.29) is 11.8 Å². The Morgan fingerprint density at radius 1 is 1.38 bits per heavy atom. The van der Waals surface area contributed by atoms with Crippen LogP contribution in [0.3, 0.4) is 0 Å². The molecule has 0 aliphatic heterocycles. The molecule has 1 aliphatic carbocycles. The first-order valence-electron chi connectivity index (χ1n) is 8.55. The van der Waals surface area contributed by atoms with Crippen LogP contribution in [-0.2, 0) is 24.7 Å². The quantitative estimate of drug-likeness (QED) is 0.771. The van der Waals surface area contributed by atoms with E-state index < -0.39 is 0 Å². The van der Waals surface area contributed by atoms with Crippen molar-refractivity contribution in [2.75, 3.05) is 5.32 Å². The average Bonchev–Trinajstić information content (AvgIpc) is 3.26. The number of fused-ring (bicyclic) bond motifs is 1. The van der Waals surface area contributed by atoms with E-state index in [4.69, 9.17) is 0 Å². The maximum absolute atomic E-state index is 12.8. The lowest BCUT2D eigenvalue weighted by Gasteiger charge is -2.21. The molecule has 1 amide bonds. The van der Waals surface area contributed by atoms with E-state index >= 15 is 0 Å². The van der Waals surface area contributed by atoms with Crippen LogP contribution in [-0.4, -0.2) is 15.7 Å². The Kier molecular flexibility index (Phi) is 4.31. The van der Waals surface area contributed by atoms with Gasteiger partial charge in [0.25, 0.3) is 0 Å². The van der Waals surface area contributed by atoms with Gasteiger partial charge in [-0.25, -0.2) is 0 Å². The lowest BCUT2D eigenvalue weighted by molar-refractivity contribution is -0.120. The summed E-state index contributed by atoms with van der Waals surface area (Å²) in [5.41, 5.74) is 3.93. The van der Waals surface area contributed by atoms with Crippen molar-refractivity contribution in [3.05, 3.63) is 59.4 Å². The standard InChI is InChI=1S/C20H18N4OS/c1-24-17-9-14(7-8-15(17)12-22-24)19(25)23-20-16(11-21)10-18(26-20)13-5-3-2-4-6-13/h2-6,10,12,14H,7-9H2,1H3,(H,23,25). The summed E-state index contributed by atoms with van der Waals surface area (Å²) in [5, 5.41) is 17.3.